The van der Waals surface area contributed by atoms with Crippen LogP contribution >= 0.6 is 11.5 Å². The van der Waals surface area contributed by atoms with Gasteiger partial charge in [0.2, 0.25) is 0 Å². The van der Waals surface area contributed by atoms with Gasteiger partial charge in [0.05, 0.1) is 7.11 Å². The topological polar surface area (TPSA) is 60.2 Å². The number of hydrogen-bond donors (Lipinski definition) is 2. The van der Waals surface area contributed by atoms with Gasteiger partial charge in [-0.3, -0.25) is 0 Å². The molecule has 3 rings (SSSR count). The Labute approximate surface area is 110 Å². The molecule has 1 aromatic carbocycles. The third-order valence-corrected chi connectivity index (χ3v) is 4.15. The Balaban J connectivity index is 1.66. The van der Waals surface area contributed by atoms with E-state index in [1.165, 1.54) is 22.7 Å². The van der Waals surface area contributed by atoms with E-state index in [1.807, 2.05) is 0 Å². The lowest BCUT2D eigenvalue weighted by molar-refractivity contribution is 0.419. The first kappa shape index (κ1) is 11.3. The Kier molecular flexibility index (Phi) is 2.83. The maximum absolute atomic E-state index is 5.72. The number of methoxy groups -OCH3 is 1. The monoisotopic (exact) mass is 261 g/mol. The maximum atomic E-state index is 5.72. The smallest absolute Gasteiger partial charge is 0.197 e. The molecule has 4 nitrogen and oxygen atoms in total. The number of rotatable bonds is 4. The van der Waals surface area contributed by atoms with Crippen LogP contribution in [0, 0.1) is 0 Å². The lowest BCUT2D eigenvalue weighted by Crippen LogP contribution is -2.24. The fraction of sp³-hybridized carbons (Fsp3) is 0.308. The molecule has 3 N–H and O–H groups in total. The van der Waals surface area contributed by atoms with Crippen molar-refractivity contribution in [2.24, 2.45) is 0 Å². The number of nitrogens with zero attached hydrogens (tertiary/aromatic N) is 1. The van der Waals surface area contributed by atoms with E-state index in [0.717, 1.165) is 18.0 Å². The van der Waals surface area contributed by atoms with Gasteiger partial charge in [-0.05, 0) is 29.1 Å². The molecule has 1 aromatic heterocycles. The second-order valence-corrected chi connectivity index (χ2v) is 5.18. The summed E-state index contributed by atoms with van der Waals surface area (Å²) in [7, 11) is 1.62. The van der Waals surface area contributed by atoms with Crippen LogP contribution in [-0.4, -0.2) is 18.0 Å². The molecule has 1 unspecified atom stereocenters. The van der Waals surface area contributed by atoms with Gasteiger partial charge in [0.15, 0.2) is 16.6 Å². The van der Waals surface area contributed by atoms with Crippen molar-refractivity contribution < 1.29 is 4.74 Å². The second kappa shape index (κ2) is 4.49. The van der Waals surface area contributed by atoms with Crippen LogP contribution in [0.15, 0.2) is 24.3 Å². The van der Waals surface area contributed by atoms with Gasteiger partial charge in [-0.25, -0.2) is 0 Å². The summed E-state index contributed by atoms with van der Waals surface area (Å²) in [5.74, 6) is 1.70. The molecule has 0 amide bonds. The summed E-state index contributed by atoms with van der Waals surface area (Å²) in [5, 5.41) is 4.29. The van der Waals surface area contributed by atoms with Gasteiger partial charge in [0.1, 0.15) is 0 Å². The highest BCUT2D eigenvalue weighted by Crippen LogP contribution is 2.38. The van der Waals surface area contributed by atoms with E-state index in [4.69, 9.17) is 10.5 Å². The molecule has 1 atom stereocenters. The molecule has 1 aliphatic carbocycles. The molecule has 2 aromatic rings. The van der Waals surface area contributed by atoms with Crippen LogP contribution in [0.1, 0.15) is 17.0 Å². The van der Waals surface area contributed by atoms with Crippen molar-refractivity contribution in [3.05, 3.63) is 35.4 Å². The lowest BCUT2D eigenvalue weighted by atomic mass is 9.78. The van der Waals surface area contributed by atoms with E-state index in [9.17, 15) is 0 Å². The van der Waals surface area contributed by atoms with Crippen LogP contribution in [0.5, 0.6) is 5.75 Å². The summed E-state index contributed by atoms with van der Waals surface area (Å²) in [5.41, 5.74) is 8.62. The number of nitrogen functional groups attached to an aromatic ring is 1. The second-order valence-electron chi connectivity index (χ2n) is 4.41. The average molecular weight is 261 g/mol. The van der Waals surface area contributed by atoms with Crippen molar-refractivity contribution in [1.82, 2.24) is 4.37 Å². The highest BCUT2D eigenvalue weighted by atomic mass is 32.1. The molecule has 0 bridgehead atoms. The maximum Gasteiger partial charge on any atom is 0.197 e. The van der Waals surface area contributed by atoms with Crippen molar-refractivity contribution >= 4 is 22.4 Å². The van der Waals surface area contributed by atoms with E-state index in [-0.39, 0.29) is 0 Å². The molecule has 0 spiro atoms. The third kappa shape index (κ3) is 1.80. The molecule has 18 heavy (non-hydrogen) atoms. The summed E-state index contributed by atoms with van der Waals surface area (Å²) < 4.78 is 9.32. The molecule has 0 saturated carbocycles. The average Bonchev–Trinajstić information content (AvgIpc) is 2.71. The molecule has 0 aliphatic heterocycles. The number of ether oxygens (including phenoxy) is 1. The van der Waals surface area contributed by atoms with Crippen molar-refractivity contribution in [3.63, 3.8) is 0 Å². The van der Waals surface area contributed by atoms with Gasteiger partial charge < -0.3 is 15.8 Å². The van der Waals surface area contributed by atoms with E-state index in [1.54, 1.807) is 7.11 Å². The third-order valence-electron chi connectivity index (χ3n) is 3.35. The molecule has 0 radical (unpaired) electrons. The van der Waals surface area contributed by atoms with E-state index < -0.39 is 0 Å². The van der Waals surface area contributed by atoms with Crippen molar-refractivity contribution in [2.75, 3.05) is 24.7 Å². The number of hydrogen-bond acceptors (Lipinski definition) is 5. The fourth-order valence-electron chi connectivity index (χ4n) is 2.36. The predicted octanol–water partition coefficient (Wildman–Crippen LogP) is 2.49. The molecule has 0 saturated heterocycles. The van der Waals surface area contributed by atoms with Gasteiger partial charge in [0.25, 0.3) is 0 Å². The summed E-state index contributed by atoms with van der Waals surface area (Å²) >= 11 is 1.35. The minimum Gasteiger partial charge on any atom is -0.490 e. The largest absolute Gasteiger partial charge is 0.490 e. The van der Waals surface area contributed by atoms with Crippen molar-refractivity contribution in [1.29, 1.82) is 0 Å². The van der Waals surface area contributed by atoms with Crippen LogP contribution in [0.3, 0.4) is 0 Å². The van der Waals surface area contributed by atoms with Gasteiger partial charge in [-0.15, -0.1) is 0 Å². The number of aromatic nitrogens is 1. The molecule has 5 heteroatoms. The van der Waals surface area contributed by atoms with E-state index >= 15 is 0 Å². The number of anilines is 2. The summed E-state index contributed by atoms with van der Waals surface area (Å²) in [6.07, 6.45) is 1.14. The van der Waals surface area contributed by atoms with E-state index in [0.29, 0.717) is 17.5 Å². The van der Waals surface area contributed by atoms with Gasteiger partial charge >= 0.3 is 0 Å². The Bertz CT molecular complexity index is 567. The first-order valence-electron chi connectivity index (χ1n) is 5.90. The van der Waals surface area contributed by atoms with Crippen molar-refractivity contribution in [2.45, 2.75) is 12.3 Å². The van der Waals surface area contributed by atoms with Crippen LogP contribution in [0.2, 0.25) is 0 Å². The quantitative estimate of drug-likeness (QED) is 0.887. The highest BCUT2D eigenvalue weighted by molar-refractivity contribution is 7.11. The standard InChI is InChI=1S/C13H15N3OS/c1-17-11-12(14)16-18-13(11)15-7-9-6-8-4-2-3-5-10(8)9/h2-5,9,15H,6-7H2,1H3,(H2,14,16). The summed E-state index contributed by atoms with van der Waals surface area (Å²) in [6.45, 7) is 0.898. The minimum atomic E-state index is 0.457. The molecule has 94 valence electrons. The Morgan fingerprint density at radius 1 is 1.50 bits per heavy atom. The number of nitrogens with one attached hydrogen (secondary N) is 1. The molecular formula is C13H15N3OS. The van der Waals surface area contributed by atoms with Crippen LogP contribution < -0.4 is 15.8 Å². The number of fused-ring (bicyclic) bond motifs is 1. The Morgan fingerprint density at radius 2 is 2.33 bits per heavy atom. The van der Waals surface area contributed by atoms with Crippen LogP contribution in [0.25, 0.3) is 0 Å². The zero-order chi connectivity index (χ0) is 12.5. The van der Waals surface area contributed by atoms with Gasteiger partial charge in [-0.1, -0.05) is 24.3 Å². The molecule has 0 fully saturated rings. The first-order valence-corrected chi connectivity index (χ1v) is 6.67. The van der Waals surface area contributed by atoms with Crippen LogP contribution in [0.4, 0.5) is 10.8 Å². The highest BCUT2D eigenvalue weighted by Gasteiger charge is 2.25. The number of benzene rings is 1. The van der Waals surface area contributed by atoms with Gasteiger partial charge in [0, 0.05) is 12.5 Å². The SMILES string of the molecule is COc1c(N)nsc1NCC1Cc2ccccc21. The Hall–Kier alpha value is -1.75. The molecule has 1 aliphatic rings. The first-order chi connectivity index (χ1) is 8.79. The zero-order valence-corrected chi connectivity index (χ0v) is 11.0. The zero-order valence-electron chi connectivity index (χ0n) is 10.1. The van der Waals surface area contributed by atoms with E-state index in [2.05, 4.69) is 34.0 Å². The molecular weight excluding hydrogens is 246 g/mol. The van der Waals surface area contributed by atoms with Crippen molar-refractivity contribution in [3.8, 4) is 5.75 Å². The molecule has 1 heterocycles. The van der Waals surface area contributed by atoms with Crippen LogP contribution in [-0.2, 0) is 6.42 Å². The minimum absolute atomic E-state index is 0.457. The fourth-order valence-corrected chi connectivity index (χ4v) is 3.06. The number of nitrogens with two attached hydrogens (primary N) is 1. The Morgan fingerprint density at radius 3 is 3.11 bits per heavy atom. The normalized spacial score (nSPS) is 16.8. The predicted molar refractivity (Wildman–Crippen MR) is 74.5 cm³/mol. The summed E-state index contributed by atoms with van der Waals surface area (Å²) in [4.78, 5) is 0. The van der Waals surface area contributed by atoms with Gasteiger partial charge in [-0.2, -0.15) is 4.37 Å². The lowest BCUT2D eigenvalue weighted by Gasteiger charge is -2.30. The summed E-state index contributed by atoms with van der Waals surface area (Å²) in [6, 6.07) is 8.58.